The molecule has 0 aliphatic carbocycles. The van der Waals surface area contributed by atoms with E-state index in [0.717, 1.165) is 64.2 Å². The average Bonchev–Trinajstić information content (AvgIpc) is 3.17. The van der Waals surface area contributed by atoms with Crippen LogP contribution in [0.25, 0.3) is 0 Å². The summed E-state index contributed by atoms with van der Waals surface area (Å²) < 4.78 is 16.6. The monoisotopic (exact) mass is 765 g/mol. The Morgan fingerprint density at radius 1 is 0.296 bits per heavy atom. The van der Waals surface area contributed by atoms with Crippen molar-refractivity contribution in [3.05, 3.63) is 0 Å². The molecule has 1 atom stereocenters. The SMILES string of the molecule is CCCCCCCCCCCCCCCCCCCCC(=O)O[C@@H](COC(=O)CCCCCCC)COC(=O)CCCCCCCCCCCCCCC. The van der Waals surface area contributed by atoms with E-state index in [0.29, 0.717) is 19.3 Å². The number of carbonyl (C=O) groups is 3. The lowest BCUT2D eigenvalue weighted by Crippen LogP contribution is -2.30. The Labute approximate surface area is 336 Å². The first-order chi connectivity index (χ1) is 26.5. The first kappa shape index (κ1) is 52.4. The molecule has 6 nitrogen and oxygen atoms in total. The summed E-state index contributed by atoms with van der Waals surface area (Å²) in [6, 6.07) is 0. The molecule has 0 radical (unpaired) electrons. The first-order valence-corrected chi connectivity index (χ1v) is 24.0. The highest BCUT2D eigenvalue weighted by Crippen LogP contribution is 2.16. The smallest absolute Gasteiger partial charge is 0.306 e. The summed E-state index contributed by atoms with van der Waals surface area (Å²) in [7, 11) is 0. The minimum absolute atomic E-state index is 0.0636. The number of rotatable bonds is 44. The molecule has 54 heavy (non-hydrogen) atoms. The minimum atomic E-state index is -0.757. The Balaban J connectivity index is 4.13. The third-order valence-electron chi connectivity index (χ3n) is 10.9. The Hall–Kier alpha value is -1.59. The molecule has 0 aromatic heterocycles. The van der Waals surface area contributed by atoms with E-state index in [2.05, 4.69) is 20.8 Å². The van der Waals surface area contributed by atoms with Gasteiger partial charge in [-0.3, -0.25) is 14.4 Å². The van der Waals surface area contributed by atoms with Crippen molar-refractivity contribution in [3.8, 4) is 0 Å². The van der Waals surface area contributed by atoms with Crippen LogP contribution in [0, 0.1) is 0 Å². The van der Waals surface area contributed by atoms with E-state index in [1.807, 2.05) is 0 Å². The van der Waals surface area contributed by atoms with Crippen LogP contribution in [0.1, 0.15) is 271 Å². The van der Waals surface area contributed by atoms with Gasteiger partial charge in [-0.1, -0.05) is 233 Å². The molecule has 0 saturated carbocycles. The van der Waals surface area contributed by atoms with E-state index in [9.17, 15) is 14.4 Å². The number of ether oxygens (including phenoxy) is 3. The molecule has 0 aromatic rings. The maximum absolute atomic E-state index is 12.7. The lowest BCUT2D eigenvalue weighted by Gasteiger charge is -2.18. The fourth-order valence-electron chi connectivity index (χ4n) is 7.21. The summed E-state index contributed by atoms with van der Waals surface area (Å²) in [6.07, 6.45) is 45.5. The van der Waals surface area contributed by atoms with Crippen molar-refractivity contribution < 1.29 is 28.6 Å². The van der Waals surface area contributed by atoms with Crippen LogP contribution < -0.4 is 0 Å². The summed E-state index contributed by atoms with van der Waals surface area (Å²) in [6.45, 7) is 6.59. The van der Waals surface area contributed by atoms with Crippen LogP contribution in [0.3, 0.4) is 0 Å². The van der Waals surface area contributed by atoms with Gasteiger partial charge in [0.2, 0.25) is 0 Å². The van der Waals surface area contributed by atoms with Crippen LogP contribution in [-0.2, 0) is 28.6 Å². The van der Waals surface area contributed by atoms with Crippen LogP contribution in [0.15, 0.2) is 0 Å². The van der Waals surface area contributed by atoms with Gasteiger partial charge in [0.15, 0.2) is 6.10 Å². The van der Waals surface area contributed by atoms with Gasteiger partial charge in [-0.05, 0) is 19.3 Å². The van der Waals surface area contributed by atoms with E-state index >= 15 is 0 Å². The molecule has 6 heteroatoms. The van der Waals surface area contributed by atoms with Crippen molar-refractivity contribution in [3.63, 3.8) is 0 Å². The summed E-state index contributed by atoms with van der Waals surface area (Å²) in [5.41, 5.74) is 0. The quantitative estimate of drug-likeness (QED) is 0.0349. The van der Waals surface area contributed by atoms with Crippen molar-refractivity contribution in [1.82, 2.24) is 0 Å². The zero-order valence-electron chi connectivity index (χ0n) is 36.5. The second-order valence-corrected chi connectivity index (χ2v) is 16.4. The summed E-state index contributed by atoms with van der Waals surface area (Å²) >= 11 is 0. The highest BCUT2D eigenvalue weighted by molar-refractivity contribution is 5.71. The molecule has 0 saturated heterocycles. The zero-order valence-corrected chi connectivity index (χ0v) is 36.5. The Morgan fingerprint density at radius 2 is 0.500 bits per heavy atom. The minimum Gasteiger partial charge on any atom is -0.462 e. The Morgan fingerprint density at radius 3 is 0.741 bits per heavy atom. The highest BCUT2D eigenvalue weighted by atomic mass is 16.6. The first-order valence-electron chi connectivity index (χ1n) is 24.0. The maximum atomic E-state index is 12.7. The number of unbranched alkanes of at least 4 members (excludes halogenated alkanes) is 33. The van der Waals surface area contributed by atoms with Gasteiger partial charge in [0.1, 0.15) is 13.2 Å². The van der Waals surface area contributed by atoms with Crippen molar-refractivity contribution in [2.24, 2.45) is 0 Å². The van der Waals surface area contributed by atoms with Crippen LogP contribution in [-0.4, -0.2) is 37.2 Å². The van der Waals surface area contributed by atoms with Crippen LogP contribution >= 0.6 is 0 Å². The third kappa shape index (κ3) is 41.6. The van der Waals surface area contributed by atoms with Crippen LogP contribution in [0.5, 0.6) is 0 Å². The third-order valence-corrected chi connectivity index (χ3v) is 10.9. The van der Waals surface area contributed by atoms with Gasteiger partial charge >= 0.3 is 17.9 Å². The van der Waals surface area contributed by atoms with Crippen molar-refractivity contribution in [2.75, 3.05) is 13.2 Å². The molecular formula is C48H92O6. The summed E-state index contributed by atoms with van der Waals surface area (Å²) in [5.74, 6) is -0.862. The molecule has 0 bridgehead atoms. The Bertz CT molecular complexity index is 798. The predicted octanol–water partition coefficient (Wildman–Crippen LogP) is 15.3. The molecule has 320 valence electrons. The fourth-order valence-corrected chi connectivity index (χ4v) is 7.21. The highest BCUT2D eigenvalue weighted by Gasteiger charge is 2.19. The number of carbonyl (C=O) groups excluding carboxylic acids is 3. The van der Waals surface area contributed by atoms with Crippen LogP contribution in [0.2, 0.25) is 0 Å². The molecule has 0 aliphatic heterocycles. The topological polar surface area (TPSA) is 78.9 Å². The standard InChI is InChI=1S/C48H92O6/c1-4-7-10-13-15-17-19-21-22-23-24-25-27-29-31-33-36-39-42-48(51)54-45(43-52-46(49)40-37-34-12-9-6-3)44-53-47(50)41-38-35-32-30-28-26-20-18-16-14-11-8-5-2/h45H,4-44H2,1-3H3/t45-/m0/s1. The summed E-state index contributed by atoms with van der Waals surface area (Å²) in [4.78, 5) is 37.5. The molecule has 0 rings (SSSR count). The maximum Gasteiger partial charge on any atom is 0.306 e. The average molecular weight is 765 g/mol. The van der Waals surface area contributed by atoms with Gasteiger partial charge in [0.05, 0.1) is 0 Å². The molecule has 0 fully saturated rings. The molecule has 0 heterocycles. The van der Waals surface area contributed by atoms with Crippen molar-refractivity contribution in [1.29, 1.82) is 0 Å². The molecule has 0 spiro atoms. The van der Waals surface area contributed by atoms with Crippen molar-refractivity contribution in [2.45, 2.75) is 277 Å². The zero-order chi connectivity index (χ0) is 39.4. The van der Waals surface area contributed by atoms with E-state index in [1.54, 1.807) is 0 Å². The molecule has 0 unspecified atom stereocenters. The van der Waals surface area contributed by atoms with Crippen LogP contribution in [0.4, 0.5) is 0 Å². The molecule has 0 amide bonds. The summed E-state index contributed by atoms with van der Waals surface area (Å²) in [5, 5.41) is 0. The largest absolute Gasteiger partial charge is 0.462 e. The van der Waals surface area contributed by atoms with Gasteiger partial charge in [0.25, 0.3) is 0 Å². The second kappa shape index (κ2) is 44.1. The lowest BCUT2D eigenvalue weighted by molar-refractivity contribution is -0.167. The molecule has 0 aromatic carbocycles. The number of hydrogen-bond acceptors (Lipinski definition) is 6. The van der Waals surface area contributed by atoms with Gasteiger partial charge in [-0.25, -0.2) is 0 Å². The van der Waals surface area contributed by atoms with E-state index in [4.69, 9.17) is 14.2 Å². The van der Waals surface area contributed by atoms with E-state index in [-0.39, 0.29) is 31.1 Å². The van der Waals surface area contributed by atoms with Gasteiger partial charge in [-0.2, -0.15) is 0 Å². The normalized spacial score (nSPS) is 11.8. The predicted molar refractivity (Wildman–Crippen MR) is 229 cm³/mol. The fraction of sp³-hybridized carbons (Fsp3) is 0.938. The van der Waals surface area contributed by atoms with Gasteiger partial charge < -0.3 is 14.2 Å². The number of hydrogen-bond donors (Lipinski definition) is 0. The molecule has 0 aliphatic rings. The second-order valence-electron chi connectivity index (χ2n) is 16.4. The molecular weight excluding hydrogens is 673 g/mol. The van der Waals surface area contributed by atoms with E-state index < -0.39 is 6.10 Å². The van der Waals surface area contributed by atoms with Gasteiger partial charge in [-0.15, -0.1) is 0 Å². The lowest BCUT2D eigenvalue weighted by atomic mass is 10.0. The van der Waals surface area contributed by atoms with E-state index in [1.165, 1.54) is 167 Å². The van der Waals surface area contributed by atoms with Crippen molar-refractivity contribution >= 4 is 17.9 Å². The number of esters is 3. The molecule has 0 N–H and O–H groups in total. The Kier molecular flexibility index (Phi) is 42.8. The van der Waals surface area contributed by atoms with Gasteiger partial charge in [0, 0.05) is 19.3 Å².